The number of likely N-dealkylation sites (N-methyl/N-ethyl adjacent to an activating group) is 1. The number of benzene rings is 1. The number of nitrogens with two attached hydrogens (primary N) is 1. The Morgan fingerprint density at radius 2 is 2.10 bits per heavy atom. The Hall–Kier alpha value is -2.53. The fourth-order valence-electron chi connectivity index (χ4n) is 4.70. The number of halogens is 1. The van der Waals surface area contributed by atoms with Crippen molar-refractivity contribution in [2.45, 2.75) is 45.8 Å². The van der Waals surface area contributed by atoms with Crippen molar-refractivity contribution in [1.82, 2.24) is 19.9 Å². The van der Waals surface area contributed by atoms with Crippen LogP contribution in [0.5, 0.6) is 0 Å². The van der Waals surface area contributed by atoms with Crippen molar-refractivity contribution in [3.8, 4) is 0 Å². The number of nitrogens with zero attached hydrogens (tertiary/aromatic N) is 5. The number of hydrogen-bond donors (Lipinski definition) is 4. The average Bonchev–Trinajstić information content (AvgIpc) is 3.34. The first-order chi connectivity index (χ1) is 19.3. The molecule has 40 heavy (non-hydrogen) atoms. The number of nitrogen functional groups attached to an aromatic ring is 1. The molecule has 5 N–H and O–H groups in total. The summed E-state index contributed by atoms with van der Waals surface area (Å²) in [6, 6.07) is 8.11. The normalized spacial score (nSPS) is 15.2. The molecular weight excluding hydrogens is 551 g/mol. The maximum Gasteiger partial charge on any atom is 0.195 e. The van der Waals surface area contributed by atoms with Crippen molar-refractivity contribution < 1.29 is 14.2 Å². The van der Waals surface area contributed by atoms with Gasteiger partial charge in [0.2, 0.25) is 0 Å². The molecule has 11 nitrogen and oxygen atoms in total. The second kappa shape index (κ2) is 14.9. The van der Waals surface area contributed by atoms with E-state index in [-0.39, 0.29) is 12.5 Å². The number of anilines is 4. The molecule has 3 heterocycles. The number of hydrogen-bond acceptors (Lipinski definition) is 11. The first-order valence-electron chi connectivity index (χ1n) is 13.7. The third kappa shape index (κ3) is 8.49. The van der Waals surface area contributed by atoms with Crippen LogP contribution in [0.25, 0.3) is 10.9 Å². The quantitative estimate of drug-likeness (QED) is 0.172. The molecule has 218 valence electrons. The van der Waals surface area contributed by atoms with E-state index in [1.807, 2.05) is 42.3 Å². The van der Waals surface area contributed by atoms with Gasteiger partial charge in [-0.15, -0.1) is 0 Å². The molecule has 3 unspecified atom stereocenters. The average molecular weight is 591 g/mol. The summed E-state index contributed by atoms with van der Waals surface area (Å²) in [5.74, 6) is 1.21. The molecule has 3 atom stereocenters. The number of fused-ring (bicyclic) bond motifs is 2. The van der Waals surface area contributed by atoms with E-state index in [1.54, 1.807) is 0 Å². The van der Waals surface area contributed by atoms with Crippen LogP contribution in [0.2, 0.25) is 5.02 Å². The van der Waals surface area contributed by atoms with Crippen LogP contribution in [0.4, 0.5) is 23.0 Å². The molecule has 0 aliphatic carbocycles. The van der Waals surface area contributed by atoms with Gasteiger partial charge in [0.25, 0.3) is 0 Å². The highest BCUT2D eigenvalue weighted by atomic mass is 35.5. The first kappa shape index (κ1) is 30.4. The van der Waals surface area contributed by atoms with Crippen LogP contribution in [0, 0.1) is 0 Å². The molecule has 0 bridgehead atoms. The van der Waals surface area contributed by atoms with Gasteiger partial charge in [0.1, 0.15) is 18.4 Å². The summed E-state index contributed by atoms with van der Waals surface area (Å²) < 4.78 is 11.5. The lowest BCUT2D eigenvalue weighted by molar-refractivity contribution is 0.0945. The van der Waals surface area contributed by atoms with Crippen molar-refractivity contribution in [1.29, 1.82) is 0 Å². The van der Waals surface area contributed by atoms with E-state index in [9.17, 15) is 4.89 Å². The van der Waals surface area contributed by atoms with E-state index in [4.69, 9.17) is 26.6 Å². The Balaban J connectivity index is 1.10. The zero-order chi connectivity index (χ0) is 28.5. The lowest BCUT2D eigenvalue weighted by Crippen LogP contribution is -2.32. The monoisotopic (exact) mass is 590 g/mol. The highest BCUT2D eigenvalue weighted by molar-refractivity contribution is 7.45. The van der Waals surface area contributed by atoms with E-state index in [0.717, 1.165) is 60.6 Å². The van der Waals surface area contributed by atoms with Crippen LogP contribution in [-0.4, -0.2) is 82.7 Å². The zero-order valence-corrected chi connectivity index (χ0v) is 25.0. The molecule has 2 aromatic heterocycles. The van der Waals surface area contributed by atoms with Gasteiger partial charge in [-0.1, -0.05) is 18.5 Å². The summed E-state index contributed by atoms with van der Waals surface area (Å²) in [5, 5.41) is 8.59. The largest absolute Gasteiger partial charge is 0.382 e. The highest BCUT2D eigenvalue weighted by Gasteiger charge is 2.24. The standard InChI is InChI=1S/C27H40ClN8O3P/c1-4-35(11-5-6-19(2)34-23-9-10-30-24-14-21(28)7-8-22(23)24)12-13-39-40(37)18-38-20(3)15-36-17-33-25-26(29)31-16-32-27(25)36/h7-10,14,16,19-20,33,37H,4-6,11-13,15,17-18H2,1-3H3,(H,30,34)(H2,29,31,32). The van der Waals surface area contributed by atoms with Gasteiger partial charge in [0.05, 0.1) is 24.9 Å². The smallest absolute Gasteiger partial charge is 0.195 e. The Labute approximate surface area is 242 Å². The van der Waals surface area contributed by atoms with Gasteiger partial charge < -0.3 is 40.3 Å². The second-order valence-electron chi connectivity index (χ2n) is 9.95. The summed E-state index contributed by atoms with van der Waals surface area (Å²) in [5.41, 5.74) is 8.61. The SMILES string of the molecule is CCN(CCCC(C)Nc1ccnc2cc(Cl)ccc12)CCOP(O)COC(C)CN1CNc2c(N)ncnc21. The van der Waals surface area contributed by atoms with Crippen LogP contribution in [0.3, 0.4) is 0 Å². The van der Waals surface area contributed by atoms with Crippen molar-refractivity contribution in [3.63, 3.8) is 0 Å². The Bertz CT molecular complexity index is 1240. The van der Waals surface area contributed by atoms with Crippen LogP contribution in [0.1, 0.15) is 33.6 Å². The predicted octanol–water partition coefficient (Wildman–Crippen LogP) is 4.74. The minimum atomic E-state index is -1.64. The molecule has 13 heteroatoms. The Morgan fingerprint density at radius 3 is 2.92 bits per heavy atom. The van der Waals surface area contributed by atoms with Crippen LogP contribution < -0.4 is 21.3 Å². The molecule has 0 spiro atoms. The molecule has 4 rings (SSSR count). The van der Waals surface area contributed by atoms with Crippen LogP contribution >= 0.6 is 20.0 Å². The molecule has 0 radical (unpaired) electrons. The van der Waals surface area contributed by atoms with E-state index in [2.05, 4.69) is 44.3 Å². The summed E-state index contributed by atoms with van der Waals surface area (Å²) in [6.07, 6.45) is 5.40. The highest BCUT2D eigenvalue weighted by Crippen LogP contribution is 2.34. The van der Waals surface area contributed by atoms with Crippen molar-refractivity contribution in [3.05, 3.63) is 41.8 Å². The molecule has 0 fully saturated rings. The third-order valence-corrected chi connectivity index (χ3v) is 7.95. The summed E-state index contributed by atoms with van der Waals surface area (Å²) in [4.78, 5) is 27.5. The van der Waals surface area contributed by atoms with Gasteiger partial charge in [0, 0.05) is 41.4 Å². The van der Waals surface area contributed by atoms with E-state index >= 15 is 0 Å². The fraction of sp³-hybridized carbons (Fsp3) is 0.519. The van der Waals surface area contributed by atoms with Gasteiger partial charge in [-0.3, -0.25) is 4.98 Å². The Kier molecular flexibility index (Phi) is 11.3. The summed E-state index contributed by atoms with van der Waals surface area (Å²) in [7, 11) is -1.64. The maximum atomic E-state index is 10.3. The van der Waals surface area contributed by atoms with E-state index < -0.39 is 8.38 Å². The number of ether oxygens (including phenoxy) is 1. The molecule has 0 saturated carbocycles. The Morgan fingerprint density at radius 1 is 1.25 bits per heavy atom. The summed E-state index contributed by atoms with van der Waals surface area (Å²) in [6.45, 7) is 10.6. The maximum absolute atomic E-state index is 10.3. The number of aromatic nitrogens is 3. The van der Waals surface area contributed by atoms with Gasteiger partial charge in [-0.2, -0.15) is 0 Å². The van der Waals surface area contributed by atoms with Crippen LogP contribution in [-0.2, 0) is 9.26 Å². The van der Waals surface area contributed by atoms with E-state index in [1.165, 1.54) is 6.33 Å². The molecule has 0 saturated heterocycles. The van der Waals surface area contributed by atoms with Crippen molar-refractivity contribution in [2.75, 3.05) is 67.1 Å². The molecule has 1 aliphatic rings. The van der Waals surface area contributed by atoms with Gasteiger partial charge in [-0.05, 0) is 64.0 Å². The van der Waals surface area contributed by atoms with Crippen LogP contribution in [0.15, 0.2) is 36.8 Å². The molecule has 3 aromatic rings. The minimum Gasteiger partial charge on any atom is -0.382 e. The molecule has 1 aliphatic heterocycles. The molecular formula is C27H40ClN8O3P. The topological polar surface area (TPSA) is 134 Å². The van der Waals surface area contributed by atoms with E-state index in [0.29, 0.717) is 36.7 Å². The predicted molar refractivity (Wildman–Crippen MR) is 164 cm³/mol. The molecule has 1 aromatic carbocycles. The van der Waals surface area contributed by atoms with Crippen molar-refractivity contribution >= 4 is 53.9 Å². The van der Waals surface area contributed by atoms with Gasteiger partial charge >= 0.3 is 0 Å². The second-order valence-corrected chi connectivity index (χ2v) is 11.6. The van der Waals surface area contributed by atoms with Crippen molar-refractivity contribution in [2.24, 2.45) is 0 Å². The minimum absolute atomic E-state index is 0.115. The fourth-order valence-corrected chi connectivity index (χ4v) is 5.61. The summed E-state index contributed by atoms with van der Waals surface area (Å²) >= 11 is 6.11. The number of nitrogens with one attached hydrogen (secondary N) is 2. The van der Waals surface area contributed by atoms with Gasteiger partial charge in [-0.25, -0.2) is 9.97 Å². The number of pyridine rings is 1. The third-order valence-electron chi connectivity index (χ3n) is 6.86. The first-order valence-corrected chi connectivity index (χ1v) is 15.4. The molecule has 0 amide bonds. The lowest BCUT2D eigenvalue weighted by Gasteiger charge is -2.24. The zero-order valence-electron chi connectivity index (χ0n) is 23.4. The van der Waals surface area contributed by atoms with Gasteiger partial charge in [0.15, 0.2) is 20.0 Å². The number of rotatable bonds is 16. The lowest BCUT2D eigenvalue weighted by atomic mass is 10.1.